The number of hydrogen-bond donors (Lipinski definition) is 2. The molecule has 0 spiro atoms. The maximum atomic E-state index is 13.1. The molecule has 0 saturated carbocycles. The van der Waals surface area contributed by atoms with Gasteiger partial charge >= 0.3 is 0 Å². The van der Waals surface area contributed by atoms with Gasteiger partial charge in [-0.25, -0.2) is 9.97 Å². The zero-order valence-corrected chi connectivity index (χ0v) is 19.0. The summed E-state index contributed by atoms with van der Waals surface area (Å²) < 4.78 is 1.60. The molecule has 32 heavy (non-hydrogen) atoms. The van der Waals surface area contributed by atoms with Gasteiger partial charge in [0, 0.05) is 11.6 Å². The van der Waals surface area contributed by atoms with Crippen LogP contribution in [-0.4, -0.2) is 30.4 Å². The molecular formula is C23H20ClN5O2S. The number of hydrogen-bond acceptors (Lipinski definition) is 6. The van der Waals surface area contributed by atoms with Crippen LogP contribution in [0.15, 0.2) is 58.2 Å². The van der Waals surface area contributed by atoms with E-state index in [1.54, 1.807) is 22.8 Å². The number of aliphatic hydroxyl groups excluding tert-OH is 1. The number of fused-ring (bicyclic) bond motifs is 2. The number of nitrogens with one attached hydrogen (secondary N) is 1. The zero-order valence-electron chi connectivity index (χ0n) is 17.5. The van der Waals surface area contributed by atoms with Gasteiger partial charge in [0.05, 0.1) is 27.7 Å². The number of H-pyrrole nitrogens is 1. The number of halogens is 1. The first kappa shape index (κ1) is 21.9. The van der Waals surface area contributed by atoms with Gasteiger partial charge < -0.3 is 10.1 Å². The van der Waals surface area contributed by atoms with E-state index in [1.165, 1.54) is 11.8 Å². The molecule has 0 amide bonds. The normalized spacial score (nSPS) is 12.3. The molecule has 0 saturated heterocycles. The molecule has 0 aliphatic carbocycles. The number of aliphatic hydroxyl groups is 1. The molecule has 162 valence electrons. The predicted octanol–water partition coefficient (Wildman–Crippen LogP) is 5.17. The van der Waals surface area contributed by atoms with Crippen molar-refractivity contribution in [3.8, 4) is 6.07 Å². The summed E-state index contributed by atoms with van der Waals surface area (Å²) in [6.07, 6.45) is 0. The molecule has 0 radical (unpaired) electrons. The van der Waals surface area contributed by atoms with Gasteiger partial charge in [0.15, 0.2) is 11.0 Å². The highest BCUT2D eigenvalue weighted by Gasteiger charge is 2.17. The van der Waals surface area contributed by atoms with E-state index in [1.807, 2.05) is 44.2 Å². The number of nitrogens with zero attached hydrogens (tertiary/aromatic N) is 4. The Morgan fingerprint density at radius 1 is 1.25 bits per heavy atom. The van der Waals surface area contributed by atoms with Gasteiger partial charge in [0.2, 0.25) is 0 Å². The zero-order chi connectivity index (χ0) is 22.8. The SMILES string of the molecule is CC(C)Cn1c(SC/C(O)=C(\C#N)c2nc3ccccc3[nH]2)nc2cc(Cl)ccc2c1=O. The highest BCUT2D eigenvalue weighted by Crippen LogP contribution is 2.25. The summed E-state index contributed by atoms with van der Waals surface area (Å²) in [5.41, 5.74) is 1.86. The second kappa shape index (κ2) is 9.07. The molecule has 2 aromatic heterocycles. The number of para-hydroxylation sites is 2. The average Bonchev–Trinajstić information content (AvgIpc) is 3.18. The number of aromatic amines is 1. The molecule has 0 atom stereocenters. The van der Waals surface area contributed by atoms with E-state index in [4.69, 9.17) is 11.6 Å². The first-order valence-corrected chi connectivity index (χ1v) is 11.3. The van der Waals surface area contributed by atoms with Crippen molar-refractivity contribution in [2.75, 3.05) is 5.75 Å². The fourth-order valence-corrected chi connectivity index (χ4v) is 4.39. The lowest BCUT2D eigenvalue weighted by atomic mass is 10.2. The summed E-state index contributed by atoms with van der Waals surface area (Å²) in [5.74, 6) is 0.418. The molecule has 2 N–H and O–H groups in total. The predicted molar refractivity (Wildman–Crippen MR) is 128 cm³/mol. The molecule has 9 heteroatoms. The highest BCUT2D eigenvalue weighted by molar-refractivity contribution is 7.99. The van der Waals surface area contributed by atoms with Crippen LogP contribution in [0.5, 0.6) is 0 Å². The third-order valence-corrected chi connectivity index (χ3v) is 6.02. The van der Waals surface area contributed by atoms with Crippen LogP contribution < -0.4 is 5.56 Å². The van der Waals surface area contributed by atoms with Crippen molar-refractivity contribution in [1.29, 1.82) is 5.26 Å². The van der Waals surface area contributed by atoms with Crippen molar-refractivity contribution >= 4 is 50.9 Å². The van der Waals surface area contributed by atoms with Crippen molar-refractivity contribution in [2.24, 2.45) is 5.92 Å². The third kappa shape index (κ3) is 4.35. The van der Waals surface area contributed by atoms with Gasteiger partial charge in [0.1, 0.15) is 17.4 Å². The minimum atomic E-state index is -0.163. The number of thioether (sulfide) groups is 1. The maximum Gasteiger partial charge on any atom is 0.262 e. The van der Waals surface area contributed by atoms with Gasteiger partial charge in [-0.1, -0.05) is 49.3 Å². The summed E-state index contributed by atoms with van der Waals surface area (Å²) in [5, 5.41) is 21.8. The van der Waals surface area contributed by atoms with Crippen molar-refractivity contribution in [2.45, 2.75) is 25.5 Å². The smallest absolute Gasteiger partial charge is 0.262 e. The Bertz CT molecular complexity index is 1420. The molecule has 0 fully saturated rings. The molecule has 7 nitrogen and oxygen atoms in total. The van der Waals surface area contributed by atoms with Crippen LogP contribution in [-0.2, 0) is 6.54 Å². The highest BCUT2D eigenvalue weighted by atomic mass is 35.5. The number of nitriles is 1. The first-order chi connectivity index (χ1) is 15.4. The van der Waals surface area contributed by atoms with Crippen molar-refractivity contribution in [1.82, 2.24) is 19.5 Å². The number of allylic oxidation sites excluding steroid dienone is 1. The number of benzene rings is 2. The summed E-state index contributed by atoms with van der Waals surface area (Å²) in [4.78, 5) is 25.1. The van der Waals surface area contributed by atoms with Gasteiger partial charge in [-0.2, -0.15) is 5.26 Å². The third-order valence-electron chi connectivity index (χ3n) is 4.79. The lowest BCUT2D eigenvalue weighted by Crippen LogP contribution is -2.25. The summed E-state index contributed by atoms with van der Waals surface area (Å²) >= 11 is 7.27. The fraction of sp³-hybridized carbons (Fsp3) is 0.217. The van der Waals surface area contributed by atoms with Crippen LogP contribution in [0.2, 0.25) is 5.02 Å². The second-order valence-corrected chi connectivity index (χ2v) is 9.07. The molecule has 2 heterocycles. The van der Waals surface area contributed by atoms with E-state index in [2.05, 4.69) is 15.0 Å². The second-order valence-electron chi connectivity index (χ2n) is 7.69. The van der Waals surface area contributed by atoms with E-state index in [0.717, 1.165) is 5.52 Å². The molecule has 0 aliphatic heterocycles. The first-order valence-electron chi connectivity index (χ1n) is 9.97. The Morgan fingerprint density at radius 2 is 2.03 bits per heavy atom. The van der Waals surface area contributed by atoms with E-state index < -0.39 is 0 Å². The van der Waals surface area contributed by atoms with Crippen LogP contribution in [0.1, 0.15) is 19.7 Å². The van der Waals surface area contributed by atoms with E-state index in [0.29, 0.717) is 39.0 Å². The van der Waals surface area contributed by atoms with Gasteiger partial charge in [-0.05, 0) is 36.2 Å². The fourth-order valence-electron chi connectivity index (χ4n) is 3.34. The lowest BCUT2D eigenvalue weighted by molar-refractivity contribution is 0.420. The Morgan fingerprint density at radius 3 is 2.75 bits per heavy atom. The lowest BCUT2D eigenvalue weighted by Gasteiger charge is -2.15. The molecule has 0 unspecified atom stereocenters. The Balaban J connectivity index is 1.71. The summed E-state index contributed by atoms with van der Waals surface area (Å²) in [7, 11) is 0. The van der Waals surface area contributed by atoms with Crippen LogP contribution in [0.25, 0.3) is 27.5 Å². The quantitative estimate of drug-likeness (QED) is 0.176. The van der Waals surface area contributed by atoms with E-state index >= 15 is 0 Å². The minimum Gasteiger partial charge on any atom is -0.510 e. The summed E-state index contributed by atoms with van der Waals surface area (Å²) in [6, 6.07) is 14.4. The van der Waals surface area contributed by atoms with Gasteiger partial charge in [0.25, 0.3) is 5.56 Å². The molecular weight excluding hydrogens is 446 g/mol. The number of imidazole rings is 1. The van der Waals surface area contributed by atoms with Gasteiger partial charge in [-0.15, -0.1) is 0 Å². The molecule has 2 aromatic carbocycles. The van der Waals surface area contributed by atoms with E-state index in [-0.39, 0.29) is 28.6 Å². The van der Waals surface area contributed by atoms with Crippen LogP contribution in [0.3, 0.4) is 0 Å². The van der Waals surface area contributed by atoms with Crippen molar-refractivity contribution < 1.29 is 5.11 Å². The Labute approximate surface area is 193 Å². The topological polar surface area (TPSA) is 108 Å². The van der Waals surface area contributed by atoms with E-state index in [9.17, 15) is 15.2 Å². The van der Waals surface area contributed by atoms with Crippen LogP contribution >= 0.6 is 23.4 Å². The Kier molecular flexibility index (Phi) is 6.21. The monoisotopic (exact) mass is 465 g/mol. The van der Waals surface area contributed by atoms with Gasteiger partial charge in [-0.3, -0.25) is 9.36 Å². The van der Waals surface area contributed by atoms with Crippen LogP contribution in [0, 0.1) is 17.2 Å². The maximum absolute atomic E-state index is 13.1. The molecule has 4 aromatic rings. The standard InChI is InChI=1S/C23H20ClN5O2S/c1-13(2)11-29-22(31)15-8-7-14(24)9-19(15)28-23(29)32-12-20(30)16(10-25)21-26-17-5-3-4-6-18(17)27-21/h3-9,13,30H,11-12H2,1-2H3,(H,26,27)/b20-16-. The van der Waals surface area contributed by atoms with Crippen LogP contribution in [0.4, 0.5) is 0 Å². The molecule has 0 bridgehead atoms. The van der Waals surface area contributed by atoms with Crippen molar-refractivity contribution in [3.05, 3.63) is 69.4 Å². The minimum absolute atomic E-state index is 0.0512. The molecule has 0 aliphatic rings. The largest absolute Gasteiger partial charge is 0.510 e. The number of rotatable bonds is 6. The Hall–Kier alpha value is -3.28. The summed E-state index contributed by atoms with van der Waals surface area (Å²) in [6.45, 7) is 4.51. The average molecular weight is 466 g/mol. The molecule has 4 rings (SSSR count). The van der Waals surface area contributed by atoms with Crippen molar-refractivity contribution in [3.63, 3.8) is 0 Å². The number of aromatic nitrogens is 4.